The largest absolute Gasteiger partial charge is 0.378 e. The van der Waals surface area contributed by atoms with Crippen LogP contribution < -0.4 is 0 Å². The van der Waals surface area contributed by atoms with Crippen LogP contribution in [0.5, 0.6) is 0 Å². The third kappa shape index (κ3) is 2.19. The Morgan fingerprint density at radius 2 is 2.25 bits per heavy atom. The Kier molecular flexibility index (Phi) is 3.65. The monoisotopic (exact) mass is 300 g/mol. The quantitative estimate of drug-likeness (QED) is 0.812. The zero-order chi connectivity index (χ0) is 14.3. The van der Waals surface area contributed by atoms with Crippen molar-refractivity contribution in [1.29, 1.82) is 0 Å². The number of nitrogens with zero attached hydrogens (tertiary/aromatic N) is 2. The lowest BCUT2D eigenvalue weighted by Gasteiger charge is -2.17. The van der Waals surface area contributed by atoms with Crippen LogP contribution in [-0.4, -0.2) is 22.3 Å². The number of benzene rings is 1. The molecule has 0 saturated carbocycles. The van der Waals surface area contributed by atoms with E-state index in [2.05, 4.69) is 4.98 Å². The molecule has 6 heteroatoms. The lowest BCUT2D eigenvalue weighted by atomic mass is 10.0. The number of imidazole rings is 1. The highest BCUT2D eigenvalue weighted by atomic mass is 35.5. The molecular weight excluding hydrogens is 286 g/mol. The van der Waals surface area contributed by atoms with Crippen molar-refractivity contribution in [2.24, 2.45) is 5.92 Å². The predicted molar refractivity (Wildman–Crippen MR) is 72.7 cm³/mol. The topological polar surface area (TPSA) is 27.1 Å². The van der Waals surface area contributed by atoms with Gasteiger partial charge in [0.2, 0.25) is 0 Å². The number of alkyl halides is 1. The number of fused-ring (bicyclic) bond motifs is 1. The highest BCUT2D eigenvalue weighted by molar-refractivity contribution is 6.16. The van der Waals surface area contributed by atoms with Crippen molar-refractivity contribution >= 4 is 22.6 Å². The number of ether oxygens (including phenoxy) is 1. The lowest BCUT2D eigenvalue weighted by molar-refractivity contribution is 0.102. The highest BCUT2D eigenvalue weighted by Gasteiger charge is 2.27. The van der Waals surface area contributed by atoms with Crippen LogP contribution in [0.1, 0.15) is 19.2 Å². The molecule has 1 saturated heterocycles. The summed E-state index contributed by atoms with van der Waals surface area (Å²) in [6, 6.07) is 2.57. The Hall–Kier alpha value is -1.20. The second kappa shape index (κ2) is 5.30. The standard InChI is InChI=1S/C14H15ClF2N2O/c1-8-9(4-5-20-8)7-19-12(6-15)18-11-3-2-10(16)13(17)14(11)19/h2-3,8-9H,4-7H2,1H3. The number of halogens is 3. The van der Waals surface area contributed by atoms with E-state index in [1.165, 1.54) is 6.07 Å². The molecule has 2 aromatic rings. The second-order valence-electron chi connectivity index (χ2n) is 5.13. The van der Waals surface area contributed by atoms with Gasteiger partial charge in [-0.05, 0) is 25.5 Å². The number of aromatic nitrogens is 2. The molecule has 0 N–H and O–H groups in total. The molecule has 0 amide bonds. The van der Waals surface area contributed by atoms with E-state index in [4.69, 9.17) is 16.3 Å². The number of hydrogen-bond acceptors (Lipinski definition) is 2. The molecule has 3 rings (SSSR count). The number of rotatable bonds is 3. The van der Waals surface area contributed by atoms with Crippen molar-refractivity contribution in [3.8, 4) is 0 Å². The summed E-state index contributed by atoms with van der Waals surface area (Å²) in [4.78, 5) is 4.28. The second-order valence-corrected chi connectivity index (χ2v) is 5.39. The molecule has 2 heterocycles. The van der Waals surface area contributed by atoms with E-state index < -0.39 is 11.6 Å². The first-order valence-corrected chi connectivity index (χ1v) is 7.16. The average molecular weight is 301 g/mol. The van der Waals surface area contributed by atoms with E-state index in [0.717, 1.165) is 12.5 Å². The van der Waals surface area contributed by atoms with E-state index in [9.17, 15) is 8.78 Å². The first kappa shape index (κ1) is 13.8. The SMILES string of the molecule is CC1OCCC1Cn1c(CCl)nc2ccc(F)c(F)c21. The minimum Gasteiger partial charge on any atom is -0.378 e. The van der Waals surface area contributed by atoms with Gasteiger partial charge in [-0.25, -0.2) is 13.8 Å². The molecule has 1 aliphatic rings. The summed E-state index contributed by atoms with van der Waals surface area (Å²) >= 11 is 5.89. The van der Waals surface area contributed by atoms with Gasteiger partial charge in [0, 0.05) is 19.1 Å². The van der Waals surface area contributed by atoms with Crippen LogP contribution in [0.2, 0.25) is 0 Å². The maximum absolute atomic E-state index is 14.1. The summed E-state index contributed by atoms with van der Waals surface area (Å²) in [6.07, 6.45) is 1.01. The molecule has 0 aliphatic carbocycles. The fourth-order valence-corrected chi connectivity index (χ4v) is 2.96. The van der Waals surface area contributed by atoms with E-state index in [1.807, 2.05) is 6.92 Å². The molecule has 0 radical (unpaired) electrons. The van der Waals surface area contributed by atoms with E-state index >= 15 is 0 Å². The summed E-state index contributed by atoms with van der Waals surface area (Å²) < 4.78 is 34.7. The molecule has 1 aromatic heterocycles. The summed E-state index contributed by atoms with van der Waals surface area (Å²) in [6.45, 7) is 3.24. The third-order valence-corrected chi connectivity index (χ3v) is 4.19. The number of hydrogen-bond donors (Lipinski definition) is 0. The Morgan fingerprint density at radius 3 is 2.90 bits per heavy atom. The smallest absolute Gasteiger partial charge is 0.184 e. The first-order valence-electron chi connectivity index (χ1n) is 6.62. The Morgan fingerprint density at radius 1 is 1.45 bits per heavy atom. The summed E-state index contributed by atoms with van der Waals surface area (Å²) in [5.41, 5.74) is 0.630. The highest BCUT2D eigenvalue weighted by Crippen LogP contribution is 2.28. The van der Waals surface area contributed by atoms with Crippen LogP contribution in [0.15, 0.2) is 12.1 Å². The first-order chi connectivity index (χ1) is 9.61. The molecular formula is C14H15ClF2N2O. The van der Waals surface area contributed by atoms with Crippen molar-refractivity contribution in [1.82, 2.24) is 9.55 Å². The molecule has 3 nitrogen and oxygen atoms in total. The van der Waals surface area contributed by atoms with Gasteiger partial charge in [-0.1, -0.05) is 0 Å². The molecule has 108 valence electrons. The van der Waals surface area contributed by atoms with Gasteiger partial charge in [0.05, 0.1) is 17.5 Å². The molecule has 2 unspecified atom stereocenters. The summed E-state index contributed by atoms with van der Waals surface area (Å²) in [5, 5.41) is 0. The van der Waals surface area contributed by atoms with Crippen LogP contribution in [-0.2, 0) is 17.2 Å². The van der Waals surface area contributed by atoms with Gasteiger partial charge < -0.3 is 9.30 Å². The van der Waals surface area contributed by atoms with Crippen LogP contribution in [0.4, 0.5) is 8.78 Å². The van der Waals surface area contributed by atoms with Crippen LogP contribution in [0.25, 0.3) is 11.0 Å². The van der Waals surface area contributed by atoms with Gasteiger partial charge >= 0.3 is 0 Å². The van der Waals surface area contributed by atoms with Crippen molar-refractivity contribution in [2.75, 3.05) is 6.61 Å². The third-order valence-electron chi connectivity index (χ3n) is 3.95. The van der Waals surface area contributed by atoms with Gasteiger partial charge in [0.25, 0.3) is 0 Å². The molecule has 2 atom stereocenters. The minimum atomic E-state index is -0.865. The van der Waals surface area contributed by atoms with Crippen molar-refractivity contribution in [3.05, 3.63) is 29.6 Å². The van der Waals surface area contributed by atoms with Gasteiger partial charge in [-0.2, -0.15) is 0 Å². The maximum atomic E-state index is 14.1. The Balaban J connectivity index is 2.09. The van der Waals surface area contributed by atoms with Crippen LogP contribution in [0.3, 0.4) is 0 Å². The summed E-state index contributed by atoms with van der Waals surface area (Å²) in [7, 11) is 0. The van der Waals surface area contributed by atoms with Crippen molar-refractivity contribution in [3.63, 3.8) is 0 Å². The van der Waals surface area contributed by atoms with Crippen LogP contribution in [0, 0.1) is 17.6 Å². The predicted octanol–water partition coefficient (Wildman–Crippen LogP) is 3.48. The zero-order valence-corrected chi connectivity index (χ0v) is 11.8. The van der Waals surface area contributed by atoms with Gasteiger partial charge in [-0.3, -0.25) is 0 Å². The lowest BCUT2D eigenvalue weighted by Crippen LogP contribution is -2.19. The molecule has 0 bridgehead atoms. The van der Waals surface area contributed by atoms with E-state index in [1.54, 1.807) is 4.57 Å². The fourth-order valence-electron chi connectivity index (χ4n) is 2.75. The van der Waals surface area contributed by atoms with Gasteiger partial charge in [0.1, 0.15) is 11.3 Å². The molecule has 0 spiro atoms. The fraction of sp³-hybridized carbons (Fsp3) is 0.500. The average Bonchev–Trinajstić information content (AvgIpc) is 2.99. The molecule has 1 aromatic carbocycles. The van der Waals surface area contributed by atoms with Gasteiger partial charge in [-0.15, -0.1) is 11.6 Å². The summed E-state index contributed by atoms with van der Waals surface area (Å²) in [5.74, 6) is -0.742. The van der Waals surface area contributed by atoms with E-state index in [-0.39, 0.29) is 23.4 Å². The normalized spacial score (nSPS) is 22.8. The van der Waals surface area contributed by atoms with Crippen molar-refractivity contribution in [2.45, 2.75) is 31.9 Å². The Bertz CT molecular complexity index is 644. The maximum Gasteiger partial charge on any atom is 0.184 e. The molecule has 20 heavy (non-hydrogen) atoms. The van der Waals surface area contributed by atoms with Crippen molar-refractivity contribution < 1.29 is 13.5 Å². The van der Waals surface area contributed by atoms with Gasteiger partial charge in [0.15, 0.2) is 11.6 Å². The van der Waals surface area contributed by atoms with Crippen LogP contribution >= 0.6 is 11.6 Å². The molecule has 1 aliphatic heterocycles. The Labute approximate surface area is 120 Å². The minimum absolute atomic E-state index is 0.104. The molecule has 1 fully saturated rings. The zero-order valence-electron chi connectivity index (χ0n) is 11.1. The van der Waals surface area contributed by atoms with E-state index in [0.29, 0.717) is 24.5 Å².